The zero-order valence-electron chi connectivity index (χ0n) is 9.45. The van der Waals surface area contributed by atoms with Crippen LogP contribution in [0, 0.1) is 0 Å². The van der Waals surface area contributed by atoms with Crippen LogP contribution in [0.3, 0.4) is 0 Å². The van der Waals surface area contributed by atoms with Crippen molar-refractivity contribution >= 4 is 18.5 Å². The molecule has 0 saturated carbocycles. The van der Waals surface area contributed by atoms with Crippen molar-refractivity contribution in [3.8, 4) is 0 Å². The van der Waals surface area contributed by atoms with Crippen molar-refractivity contribution in [3.63, 3.8) is 0 Å². The molecule has 0 radical (unpaired) electrons. The highest BCUT2D eigenvalue weighted by molar-refractivity contribution is 5.85. The Bertz CT molecular complexity index is 183. The average Bonchev–Trinajstić information content (AvgIpc) is 2.00. The third-order valence-corrected chi connectivity index (χ3v) is 1.43. The molecule has 0 aromatic heterocycles. The number of alkyl carbamates (subject to hydrolysis) is 1. The molecule has 15 heavy (non-hydrogen) atoms. The van der Waals surface area contributed by atoms with Gasteiger partial charge in [-0.3, -0.25) is 0 Å². The molecule has 0 spiro atoms. The van der Waals surface area contributed by atoms with Crippen LogP contribution in [0.4, 0.5) is 4.79 Å². The number of nitrogens with one attached hydrogen (secondary N) is 1. The number of rotatable bonds is 4. The van der Waals surface area contributed by atoms with Crippen molar-refractivity contribution in [2.45, 2.75) is 38.8 Å². The highest BCUT2D eigenvalue weighted by atomic mass is 35.5. The van der Waals surface area contributed by atoms with Crippen molar-refractivity contribution in [1.82, 2.24) is 5.32 Å². The number of hydrogen-bond donors (Lipinski definition) is 3. The first kappa shape index (κ1) is 16.9. The number of amides is 1. The van der Waals surface area contributed by atoms with Crippen LogP contribution in [-0.4, -0.2) is 36.0 Å². The summed E-state index contributed by atoms with van der Waals surface area (Å²) in [5.74, 6) is 0. The fourth-order valence-electron chi connectivity index (χ4n) is 0.737. The quantitative estimate of drug-likeness (QED) is 0.674. The molecule has 0 heterocycles. The minimum absolute atomic E-state index is 0. The molecule has 0 aliphatic heterocycles. The number of nitrogens with two attached hydrogens (primary N) is 1. The number of aliphatic hydroxyl groups excluding tert-OH is 1. The predicted molar refractivity (Wildman–Crippen MR) is 61.2 cm³/mol. The molecule has 0 aliphatic carbocycles. The van der Waals surface area contributed by atoms with E-state index in [4.69, 9.17) is 15.6 Å². The molecular weight excluding hydrogens is 220 g/mol. The van der Waals surface area contributed by atoms with Gasteiger partial charge in [0.15, 0.2) is 0 Å². The highest BCUT2D eigenvalue weighted by Gasteiger charge is 2.14. The summed E-state index contributed by atoms with van der Waals surface area (Å²) in [5, 5.41) is 11.3. The third-order valence-electron chi connectivity index (χ3n) is 1.43. The molecule has 1 amide bonds. The standard InChI is InChI=1S/C9H20N2O3.ClH/c1-9(2,3)11-8(13)14-5-4-7(10)6-12;/h7,12H,4-6,10H2,1-3H3,(H,11,13);1H/t7-;/m0./s1. The maximum absolute atomic E-state index is 11.1. The van der Waals surface area contributed by atoms with Crippen LogP contribution in [0.25, 0.3) is 0 Å². The zero-order valence-corrected chi connectivity index (χ0v) is 10.3. The lowest BCUT2D eigenvalue weighted by Crippen LogP contribution is -2.41. The fraction of sp³-hybridized carbons (Fsp3) is 0.889. The Morgan fingerprint density at radius 3 is 2.47 bits per heavy atom. The SMILES string of the molecule is CC(C)(C)NC(=O)OCC[C@H](N)CO.Cl. The van der Waals surface area contributed by atoms with Crippen LogP contribution in [0.15, 0.2) is 0 Å². The zero-order chi connectivity index (χ0) is 11.2. The van der Waals surface area contributed by atoms with E-state index >= 15 is 0 Å². The van der Waals surface area contributed by atoms with E-state index in [-0.39, 0.29) is 37.2 Å². The van der Waals surface area contributed by atoms with Gasteiger partial charge in [0.25, 0.3) is 0 Å². The second-order valence-electron chi connectivity index (χ2n) is 4.24. The van der Waals surface area contributed by atoms with E-state index in [2.05, 4.69) is 5.32 Å². The van der Waals surface area contributed by atoms with E-state index in [0.29, 0.717) is 6.42 Å². The Balaban J connectivity index is 0. The van der Waals surface area contributed by atoms with E-state index in [1.165, 1.54) is 0 Å². The van der Waals surface area contributed by atoms with Crippen LogP contribution in [-0.2, 0) is 4.74 Å². The first-order valence-electron chi connectivity index (χ1n) is 4.66. The van der Waals surface area contributed by atoms with Crippen molar-refractivity contribution in [2.75, 3.05) is 13.2 Å². The lowest BCUT2D eigenvalue weighted by Gasteiger charge is -2.20. The topological polar surface area (TPSA) is 84.6 Å². The Morgan fingerprint density at radius 2 is 2.07 bits per heavy atom. The summed E-state index contributed by atoms with van der Waals surface area (Å²) in [6.07, 6.45) is 0.0104. The van der Waals surface area contributed by atoms with Crippen molar-refractivity contribution in [1.29, 1.82) is 0 Å². The van der Waals surface area contributed by atoms with Crippen LogP contribution < -0.4 is 11.1 Å². The molecule has 5 nitrogen and oxygen atoms in total. The average molecular weight is 241 g/mol. The van der Waals surface area contributed by atoms with E-state index in [1.807, 2.05) is 20.8 Å². The first-order chi connectivity index (χ1) is 6.35. The smallest absolute Gasteiger partial charge is 0.407 e. The number of aliphatic hydroxyl groups is 1. The van der Waals surface area contributed by atoms with Gasteiger partial charge in [-0.2, -0.15) is 0 Å². The number of carbonyl (C=O) groups excluding carboxylic acids is 1. The molecule has 92 valence electrons. The summed E-state index contributed by atoms with van der Waals surface area (Å²) in [4.78, 5) is 11.1. The molecular formula is C9H21ClN2O3. The number of halogens is 1. The van der Waals surface area contributed by atoms with E-state index in [1.54, 1.807) is 0 Å². The molecule has 0 rings (SSSR count). The Hall–Kier alpha value is -0.520. The van der Waals surface area contributed by atoms with Gasteiger partial charge in [0.2, 0.25) is 0 Å². The van der Waals surface area contributed by atoms with Gasteiger partial charge in [0.1, 0.15) is 0 Å². The van der Waals surface area contributed by atoms with Gasteiger partial charge < -0.3 is 20.9 Å². The van der Waals surface area contributed by atoms with Gasteiger partial charge in [0, 0.05) is 11.6 Å². The van der Waals surface area contributed by atoms with E-state index in [9.17, 15) is 4.79 Å². The van der Waals surface area contributed by atoms with E-state index < -0.39 is 6.09 Å². The minimum atomic E-state index is -0.456. The second kappa shape index (κ2) is 7.73. The largest absolute Gasteiger partial charge is 0.449 e. The molecule has 0 bridgehead atoms. The summed E-state index contributed by atoms with van der Waals surface area (Å²) in [6.45, 7) is 5.74. The molecule has 0 fully saturated rings. The second-order valence-corrected chi connectivity index (χ2v) is 4.24. The van der Waals surface area contributed by atoms with Crippen molar-refractivity contribution in [3.05, 3.63) is 0 Å². The van der Waals surface area contributed by atoms with Crippen LogP contribution in [0.2, 0.25) is 0 Å². The van der Waals surface area contributed by atoms with Gasteiger partial charge in [-0.05, 0) is 27.2 Å². The third kappa shape index (κ3) is 11.4. The van der Waals surface area contributed by atoms with Gasteiger partial charge >= 0.3 is 6.09 Å². The number of ether oxygens (including phenoxy) is 1. The Morgan fingerprint density at radius 1 is 1.53 bits per heavy atom. The first-order valence-corrected chi connectivity index (χ1v) is 4.66. The number of hydrogen-bond acceptors (Lipinski definition) is 4. The molecule has 4 N–H and O–H groups in total. The molecule has 0 aromatic carbocycles. The summed E-state index contributed by atoms with van der Waals surface area (Å²) in [5.41, 5.74) is 5.13. The van der Waals surface area contributed by atoms with Gasteiger partial charge in [-0.25, -0.2) is 4.79 Å². The molecule has 0 saturated heterocycles. The number of carbonyl (C=O) groups is 1. The van der Waals surface area contributed by atoms with Gasteiger partial charge in [-0.1, -0.05) is 0 Å². The molecule has 0 unspecified atom stereocenters. The Kier molecular flexibility index (Phi) is 8.71. The summed E-state index contributed by atoms with van der Waals surface area (Å²) in [7, 11) is 0. The summed E-state index contributed by atoms with van der Waals surface area (Å²) in [6, 6.07) is -0.322. The molecule has 0 aromatic rings. The minimum Gasteiger partial charge on any atom is -0.449 e. The lowest BCUT2D eigenvalue weighted by atomic mass is 10.1. The molecule has 6 heteroatoms. The van der Waals surface area contributed by atoms with Crippen LogP contribution in [0.1, 0.15) is 27.2 Å². The van der Waals surface area contributed by atoms with Crippen LogP contribution in [0.5, 0.6) is 0 Å². The highest BCUT2D eigenvalue weighted by Crippen LogP contribution is 1.99. The van der Waals surface area contributed by atoms with E-state index in [0.717, 1.165) is 0 Å². The normalized spacial score (nSPS) is 12.6. The summed E-state index contributed by atoms with van der Waals surface area (Å²) < 4.78 is 4.85. The maximum Gasteiger partial charge on any atom is 0.407 e. The van der Waals surface area contributed by atoms with Gasteiger partial charge in [-0.15, -0.1) is 12.4 Å². The van der Waals surface area contributed by atoms with Crippen LogP contribution >= 0.6 is 12.4 Å². The lowest BCUT2D eigenvalue weighted by molar-refractivity contribution is 0.130. The Labute approximate surface area is 96.8 Å². The van der Waals surface area contributed by atoms with Crippen molar-refractivity contribution in [2.24, 2.45) is 5.73 Å². The molecule has 0 aliphatic rings. The maximum atomic E-state index is 11.1. The molecule has 1 atom stereocenters. The fourth-order valence-corrected chi connectivity index (χ4v) is 0.737. The predicted octanol–water partition coefficient (Wildman–Crippen LogP) is 0.643. The monoisotopic (exact) mass is 240 g/mol. The van der Waals surface area contributed by atoms with Crippen molar-refractivity contribution < 1.29 is 14.6 Å². The summed E-state index contributed by atoms with van der Waals surface area (Å²) >= 11 is 0. The van der Waals surface area contributed by atoms with Gasteiger partial charge in [0.05, 0.1) is 13.2 Å².